The van der Waals surface area contributed by atoms with E-state index in [4.69, 9.17) is 16.3 Å². The van der Waals surface area contributed by atoms with Crippen LogP contribution in [0, 0.1) is 6.92 Å². The third-order valence-electron chi connectivity index (χ3n) is 2.31. The Kier molecular flexibility index (Phi) is 3.47. The van der Waals surface area contributed by atoms with Gasteiger partial charge in [0, 0.05) is 17.4 Å². The van der Waals surface area contributed by atoms with Crippen molar-refractivity contribution in [3.63, 3.8) is 0 Å². The molecule has 0 atom stereocenters. The third-order valence-corrected chi connectivity index (χ3v) is 2.73. The van der Waals surface area contributed by atoms with Crippen molar-refractivity contribution in [2.75, 3.05) is 6.61 Å². The molecule has 2 rings (SSSR count). The smallest absolute Gasteiger partial charge is 0.119 e. The number of hydrogen-bond donors (Lipinski definition) is 0. The van der Waals surface area contributed by atoms with E-state index in [-0.39, 0.29) is 0 Å². The molecule has 0 saturated heterocycles. The molecule has 0 aliphatic rings. The first-order chi connectivity index (χ1) is 7.75. The van der Waals surface area contributed by atoms with Crippen molar-refractivity contribution in [2.24, 2.45) is 0 Å². The number of imidazole rings is 1. The lowest BCUT2D eigenvalue weighted by atomic mass is 10.2. The topological polar surface area (TPSA) is 27.1 Å². The highest BCUT2D eigenvalue weighted by Crippen LogP contribution is 2.20. The monoisotopic (exact) mass is 236 g/mol. The summed E-state index contributed by atoms with van der Waals surface area (Å²) in [4.78, 5) is 3.96. The van der Waals surface area contributed by atoms with Gasteiger partial charge in [0.15, 0.2) is 0 Å². The molecular weight excluding hydrogens is 224 g/mol. The zero-order chi connectivity index (χ0) is 11.4. The number of hydrogen-bond acceptors (Lipinski definition) is 2. The van der Waals surface area contributed by atoms with Crippen molar-refractivity contribution >= 4 is 11.6 Å². The number of aryl methyl sites for hydroxylation is 1. The van der Waals surface area contributed by atoms with Crippen LogP contribution in [-0.4, -0.2) is 16.2 Å². The molecule has 84 valence electrons. The highest BCUT2D eigenvalue weighted by molar-refractivity contribution is 6.31. The van der Waals surface area contributed by atoms with Crippen LogP contribution in [0.3, 0.4) is 0 Å². The molecule has 1 aromatic carbocycles. The maximum absolute atomic E-state index is 5.93. The molecule has 0 bridgehead atoms. The van der Waals surface area contributed by atoms with Gasteiger partial charge in [0.2, 0.25) is 0 Å². The molecular formula is C12H13ClN2O. The van der Waals surface area contributed by atoms with E-state index in [1.807, 2.05) is 35.9 Å². The zero-order valence-electron chi connectivity index (χ0n) is 9.06. The Hall–Kier alpha value is -1.48. The van der Waals surface area contributed by atoms with Crippen LogP contribution in [0.1, 0.15) is 5.56 Å². The zero-order valence-corrected chi connectivity index (χ0v) is 9.81. The molecule has 1 aromatic heterocycles. The van der Waals surface area contributed by atoms with Gasteiger partial charge in [-0.1, -0.05) is 11.6 Å². The lowest BCUT2D eigenvalue weighted by molar-refractivity contribution is 0.298. The minimum absolute atomic E-state index is 0.622. The van der Waals surface area contributed by atoms with Gasteiger partial charge >= 0.3 is 0 Å². The molecule has 0 fully saturated rings. The minimum atomic E-state index is 0.622. The number of ether oxygens (including phenoxy) is 1. The maximum Gasteiger partial charge on any atom is 0.119 e. The Morgan fingerprint density at radius 3 is 3.00 bits per heavy atom. The average molecular weight is 237 g/mol. The SMILES string of the molecule is Cc1cc(OCCn2ccnc2)ccc1Cl. The van der Waals surface area contributed by atoms with Crippen molar-refractivity contribution in [1.82, 2.24) is 9.55 Å². The molecule has 4 heteroatoms. The summed E-state index contributed by atoms with van der Waals surface area (Å²) in [5.41, 5.74) is 1.03. The molecule has 0 aliphatic heterocycles. The van der Waals surface area contributed by atoms with E-state index in [0.29, 0.717) is 6.61 Å². The first kappa shape index (κ1) is 11.0. The summed E-state index contributed by atoms with van der Waals surface area (Å²) in [6.45, 7) is 3.38. The summed E-state index contributed by atoms with van der Waals surface area (Å²) in [7, 11) is 0. The molecule has 0 N–H and O–H groups in total. The summed E-state index contributed by atoms with van der Waals surface area (Å²) in [6, 6.07) is 5.67. The van der Waals surface area contributed by atoms with Gasteiger partial charge in [-0.25, -0.2) is 4.98 Å². The third kappa shape index (κ3) is 2.76. The van der Waals surface area contributed by atoms with Crippen LogP contribution in [0.4, 0.5) is 0 Å². The fourth-order valence-electron chi connectivity index (χ4n) is 1.39. The predicted molar refractivity (Wildman–Crippen MR) is 63.9 cm³/mol. The van der Waals surface area contributed by atoms with Crippen LogP contribution < -0.4 is 4.74 Å². The van der Waals surface area contributed by atoms with Gasteiger partial charge in [0.1, 0.15) is 12.4 Å². The fourth-order valence-corrected chi connectivity index (χ4v) is 1.51. The van der Waals surface area contributed by atoms with E-state index < -0.39 is 0 Å². The first-order valence-corrected chi connectivity index (χ1v) is 5.48. The van der Waals surface area contributed by atoms with Crippen molar-refractivity contribution in [3.05, 3.63) is 47.5 Å². The molecule has 0 unspecified atom stereocenters. The highest BCUT2D eigenvalue weighted by atomic mass is 35.5. The van der Waals surface area contributed by atoms with Gasteiger partial charge in [0.05, 0.1) is 12.9 Å². The van der Waals surface area contributed by atoms with E-state index in [1.54, 1.807) is 12.5 Å². The van der Waals surface area contributed by atoms with Crippen LogP contribution in [0.5, 0.6) is 5.75 Å². The van der Waals surface area contributed by atoms with Gasteiger partial charge in [-0.2, -0.15) is 0 Å². The average Bonchev–Trinajstić information content (AvgIpc) is 2.76. The second-order valence-electron chi connectivity index (χ2n) is 3.56. The summed E-state index contributed by atoms with van der Waals surface area (Å²) >= 11 is 5.93. The number of rotatable bonds is 4. The van der Waals surface area contributed by atoms with E-state index in [9.17, 15) is 0 Å². The first-order valence-electron chi connectivity index (χ1n) is 5.10. The normalized spacial score (nSPS) is 10.4. The highest BCUT2D eigenvalue weighted by Gasteiger charge is 1.98. The number of halogens is 1. The fraction of sp³-hybridized carbons (Fsp3) is 0.250. The Labute approximate surface area is 99.6 Å². The van der Waals surface area contributed by atoms with Crippen LogP contribution in [0.15, 0.2) is 36.9 Å². The van der Waals surface area contributed by atoms with Gasteiger partial charge in [-0.3, -0.25) is 0 Å². The van der Waals surface area contributed by atoms with E-state index >= 15 is 0 Å². The van der Waals surface area contributed by atoms with Crippen LogP contribution in [-0.2, 0) is 6.54 Å². The molecule has 0 saturated carbocycles. The Morgan fingerprint density at radius 1 is 1.44 bits per heavy atom. The van der Waals surface area contributed by atoms with Crippen LogP contribution in [0.2, 0.25) is 5.02 Å². The van der Waals surface area contributed by atoms with Crippen molar-refractivity contribution in [2.45, 2.75) is 13.5 Å². The largest absolute Gasteiger partial charge is 0.492 e. The second-order valence-corrected chi connectivity index (χ2v) is 3.97. The van der Waals surface area contributed by atoms with Gasteiger partial charge in [0.25, 0.3) is 0 Å². The number of nitrogens with zero attached hydrogens (tertiary/aromatic N) is 2. The van der Waals surface area contributed by atoms with Crippen molar-refractivity contribution < 1.29 is 4.74 Å². The molecule has 0 aliphatic carbocycles. The summed E-state index contributed by atoms with van der Waals surface area (Å²) < 4.78 is 7.58. The molecule has 0 amide bonds. The van der Waals surface area contributed by atoms with Gasteiger partial charge < -0.3 is 9.30 Å². The standard InChI is InChI=1S/C12H13ClN2O/c1-10-8-11(2-3-12(10)13)16-7-6-15-5-4-14-9-15/h2-5,8-9H,6-7H2,1H3. The molecule has 0 radical (unpaired) electrons. The summed E-state index contributed by atoms with van der Waals surface area (Å²) in [5.74, 6) is 0.849. The van der Waals surface area contributed by atoms with E-state index in [2.05, 4.69) is 4.98 Å². The quantitative estimate of drug-likeness (QED) is 0.816. The lowest BCUT2D eigenvalue weighted by Crippen LogP contribution is -2.06. The number of aromatic nitrogens is 2. The second kappa shape index (κ2) is 5.03. The van der Waals surface area contributed by atoms with Gasteiger partial charge in [-0.15, -0.1) is 0 Å². The van der Waals surface area contributed by atoms with E-state index in [0.717, 1.165) is 22.9 Å². The molecule has 16 heavy (non-hydrogen) atoms. The van der Waals surface area contributed by atoms with Crippen LogP contribution >= 0.6 is 11.6 Å². The predicted octanol–water partition coefficient (Wildman–Crippen LogP) is 2.92. The Morgan fingerprint density at radius 2 is 2.31 bits per heavy atom. The lowest BCUT2D eigenvalue weighted by Gasteiger charge is -2.07. The minimum Gasteiger partial charge on any atom is -0.492 e. The Bertz CT molecular complexity index is 454. The van der Waals surface area contributed by atoms with Crippen molar-refractivity contribution in [3.8, 4) is 5.75 Å². The van der Waals surface area contributed by atoms with E-state index in [1.165, 1.54) is 0 Å². The molecule has 2 aromatic rings. The molecule has 1 heterocycles. The van der Waals surface area contributed by atoms with Gasteiger partial charge in [-0.05, 0) is 30.7 Å². The Balaban J connectivity index is 1.87. The maximum atomic E-state index is 5.93. The van der Waals surface area contributed by atoms with Crippen LogP contribution in [0.25, 0.3) is 0 Å². The number of benzene rings is 1. The summed E-state index contributed by atoms with van der Waals surface area (Å²) in [5, 5.41) is 0.766. The van der Waals surface area contributed by atoms with Crippen molar-refractivity contribution in [1.29, 1.82) is 0 Å². The molecule has 0 spiro atoms. The summed E-state index contributed by atoms with van der Waals surface area (Å²) in [6.07, 6.45) is 5.44. The molecule has 3 nitrogen and oxygen atoms in total.